The number of benzene rings is 2. The number of hydrogen-bond donors (Lipinski definition) is 0. The monoisotopic (exact) mass is 602 g/mol. The number of aromatic nitrogens is 4. The average molecular weight is 603 g/mol. The third kappa shape index (κ3) is 6.76. The van der Waals surface area contributed by atoms with Gasteiger partial charge in [-0.25, -0.2) is 19.9 Å². The second-order valence-electron chi connectivity index (χ2n) is 10.2. The van der Waals surface area contributed by atoms with Gasteiger partial charge in [0.2, 0.25) is 11.5 Å². The summed E-state index contributed by atoms with van der Waals surface area (Å²) < 4.78 is 33.0. The molecule has 0 aliphatic carbocycles. The van der Waals surface area contributed by atoms with Gasteiger partial charge in [-0.15, -0.1) is 0 Å². The molecule has 2 aromatic carbocycles. The first-order valence-electron chi connectivity index (χ1n) is 14.2. The first-order valence-corrected chi connectivity index (χ1v) is 14.2. The van der Waals surface area contributed by atoms with Crippen LogP contribution in [0.15, 0.2) is 49.1 Å². The van der Waals surface area contributed by atoms with E-state index in [9.17, 15) is 0 Å². The summed E-state index contributed by atoms with van der Waals surface area (Å²) in [4.78, 5) is 22.9. The van der Waals surface area contributed by atoms with Crippen molar-refractivity contribution in [3.63, 3.8) is 0 Å². The first kappa shape index (κ1) is 30.8. The highest BCUT2D eigenvalue weighted by Gasteiger charge is 2.20. The number of ether oxygens (including phenoxy) is 6. The molecule has 5 rings (SSSR count). The van der Waals surface area contributed by atoms with Crippen molar-refractivity contribution >= 4 is 0 Å². The van der Waals surface area contributed by atoms with Crippen molar-refractivity contribution in [3.05, 3.63) is 60.4 Å². The number of nitrogens with zero attached hydrogens (tertiary/aromatic N) is 6. The lowest BCUT2D eigenvalue weighted by atomic mass is 10.1. The van der Waals surface area contributed by atoms with Gasteiger partial charge in [-0.2, -0.15) is 0 Å². The Kier molecular flexibility index (Phi) is 9.93. The summed E-state index contributed by atoms with van der Waals surface area (Å²) >= 11 is 0. The minimum atomic E-state index is 0.547. The molecule has 0 unspecified atom stereocenters. The zero-order valence-electron chi connectivity index (χ0n) is 26.0. The summed E-state index contributed by atoms with van der Waals surface area (Å²) in [6, 6.07) is 11.6. The van der Waals surface area contributed by atoms with Crippen molar-refractivity contribution in [2.24, 2.45) is 0 Å². The molecule has 0 bridgehead atoms. The maximum Gasteiger partial charge on any atom is 0.203 e. The van der Waals surface area contributed by atoms with E-state index in [0.29, 0.717) is 34.5 Å². The smallest absolute Gasteiger partial charge is 0.203 e. The van der Waals surface area contributed by atoms with Crippen molar-refractivity contribution < 1.29 is 28.4 Å². The molecule has 12 heteroatoms. The van der Waals surface area contributed by atoms with Gasteiger partial charge in [0.15, 0.2) is 23.0 Å². The topological polar surface area (TPSA) is 113 Å². The normalized spacial score (nSPS) is 13.8. The zero-order valence-corrected chi connectivity index (χ0v) is 26.0. The fourth-order valence-corrected chi connectivity index (χ4v) is 5.31. The Balaban J connectivity index is 1.22. The average Bonchev–Trinajstić information content (AvgIpc) is 3.07. The molecule has 1 fully saturated rings. The minimum Gasteiger partial charge on any atom is -0.493 e. The third-order valence-electron chi connectivity index (χ3n) is 7.60. The Bertz CT molecular complexity index is 1410. The van der Waals surface area contributed by atoms with Gasteiger partial charge in [0.25, 0.3) is 0 Å². The van der Waals surface area contributed by atoms with Gasteiger partial charge in [0.05, 0.1) is 65.4 Å². The molecule has 3 heterocycles. The lowest BCUT2D eigenvalue weighted by Crippen LogP contribution is -2.45. The molecule has 2 aromatic heterocycles. The quantitative estimate of drug-likeness (QED) is 0.234. The van der Waals surface area contributed by atoms with Crippen LogP contribution < -0.4 is 28.4 Å². The number of piperazine rings is 1. The summed E-state index contributed by atoms with van der Waals surface area (Å²) in [5.41, 5.74) is 5.21. The van der Waals surface area contributed by atoms with Crippen LogP contribution in [0.2, 0.25) is 0 Å². The first-order chi connectivity index (χ1) is 21.5. The van der Waals surface area contributed by atoms with Gasteiger partial charge in [-0.05, 0) is 36.4 Å². The Labute approximate surface area is 257 Å². The van der Waals surface area contributed by atoms with Gasteiger partial charge in [0, 0.05) is 50.4 Å². The van der Waals surface area contributed by atoms with Crippen LogP contribution in [0.25, 0.3) is 22.5 Å². The van der Waals surface area contributed by atoms with Gasteiger partial charge in [0.1, 0.15) is 12.7 Å². The molecule has 1 aliphatic heterocycles. The fraction of sp³-hybridized carbons (Fsp3) is 0.375. The molecule has 0 radical (unpaired) electrons. The van der Waals surface area contributed by atoms with Crippen LogP contribution >= 0.6 is 0 Å². The molecule has 44 heavy (non-hydrogen) atoms. The number of methoxy groups -OCH3 is 6. The van der Waals surface area contributed by atoms with E-state index in [2.05, 4.69) is 29.7 Å². The molecule has 232 valence electrons. The van der Waals surface area contributed by atoms with Crippen LogP contribution in [0.5, 0.6) is 34.5 Å². The third-order valence-corrected chi connectivity index (χ3v) is 7.60. The van der Waals surface area contributed by atoms with Gasteiger partial charge in [-0.1, -0.05) is 0 Å². The molecular formula is C32H38N6O6. The Morgan fingerprint density at radius 1 is 0.477 bits per heavy atom. The van der Waals surface area contributed by atoms with E-state index in [0.717, 1.165) is 73.2 Å². The highest BCUT2D eigenvalue weighted by Crippen LogP contribution is 2.42. The lowest BCUT2D eigenvalue weighted by molar-refractivity contribution is 0.120. The Morgan fingerprint density at radius 3 is 1.11 bits per heavy atom. The molecular weight excluding hydrogens is 564 g/mol. The molecule has 1 saturated heterocycles. The van der Waals surface area contributed by atoms with Gasteiger partial charge in [-0.3, -0.25) is 9.80 Å². The molecule has 0 saturated carbocycles. The fourth-order valence-electron chi connectivity index (χ4n) is 5.31. The molecule has 0 atom stereocenters. The van der Waals surface area contributed by atoms with E-state index in [-0.39, 0.29) is 0 Å². The van der Waals surface area contributed by atoms with Crippen molar-refractivity contribution in [2.45, 2.75) is 13.1 Å². The summed E-state index contributed by atoms with van der Waals surface area (Å²) in [6.45, 7) is 5.10. The summed E-state index contributed by atoms with van der Waals surface area (Å²) in [6.07, 6.45) is 3.20. The molecule has 4 aromatic rings. The lowest BCUT2D eigenvalue weighted by Gasteiger charge is -2.34. The predicted molar refractivity (Wildman–Crippen MR) is 165 cm³/mol. The van der Waals surface area contributed by atoms with E-state index in [4.69, 9.17) is 28.4 Å². The predicted octanol–water partition coefficient (Wildman–Crippen LogP) is 3.97. The van der Waals surface area contributed by atoms with E-state index in [1.807, 2.05) is 36.4 Å². The maximum absolute atomic E-state index is 5.52. The molecule has 12 nitrogen and oxygen atoms in total. The van der Waals surface area contributed by atoms with Crippen molar-refractivity contribution in [2.75, 3.05) is 68.8 Å². The standard InChI is InChI=1S/C32H38N6O6/c1-39-27-11-21(12-28(40-2)31(27)43-5)25-15-23(33-19-35-25)17-37-7-9-38(10-8-37)18-24-16-26(36-20-34-24)22-13-29(41-3)32(44-6)30(14-22)42-4/h11-16,19-20H,7-10,17-18H2,1-6H3. The molecule has 1 aliphatic rings. The van der Waals surface area contributed by atoms with Crippen LogP contribution in [-0.2, 0) is 13.1 Å². The number of hydrogen-bond acceptors (Lipinski definition) is 12. The largest absolute Gasteiger partial charge is 0.493 e. The van der Waals surface area contributed by atoms with E-state index < -0.39 is 0 Å². The van der Waals surface area contributed by atoms with Crippen molar-refractivity contribution in [1.82, 2.24) is 29.7 Å². The molecule has 0 spiro atoms. The van der Waals surface area contributed by atoms with Crippen molar-refractivity contribution in [1.29, 1.82) is 0 Å². The highest BCUT2D eigenvalue weighted by molar-refractivity contribution is 5.69. The van der Waals surface area contributed by atoms with Crippen LogP contribution in [0.4, 0.5) is 0 Å². The van der Waals surface area contributed by atoms with Crippen LogP contribution in [0.3, 0.4) is 0 Å². The molecule has 0 N–H and O–H groups in total. The van der Waals surface area contributed by atoms with Crippen LogP contribution in [0, 0.1) is 0 Å². The van der Waals surface area contributed by atoms with Crippen LogP contribution in [0.1, 0.15) is 11.4 Å². The maximum atomic E-state index is 5.52. The summed E-state index contributed by atoms with van der Waals surface area (Å²) in [7, 11) is 9.59. The summed E-state index contributed by atoms with van der Waals surface area (Å²) in [5.74, 6) is 3.42. The van der Waals surface area contributed by atoms with E-state index in [1.54, 1.807) is 55.3 Å². The Morgan fingerprint density at radius 2 is 0.818 bits per heavy atom. The van der Waals surface area contributed by atoms with Gasteiger partial charge >= 0.3 is 0 Å². The Hall–Kier alpha value is -4.68. The van der Waals surface area contributed by atoms with E-state index >= 15 is 0 Å². The number of rotatable bonds is 12. The second-order valence-corrected chi connectivity index (χ2v) is 10.2. The molecule has 0 amide bonds. The van der Waals surface area contributed by atoms with Crippen LogP contribution in [-0.4, -0.2) is 98.6 Å². The SMILES string of the molecule is COc1cc(-c2cc(CN3CCN(Cc4cc(-c5cc(OC)c(OC)c(OC)c5)ncn4)CC3)ncn2)cc(OC)c1OC. The van der Waals surface area contributed by atoms with Gasteiger partial charge < -0.3 is 28.4 Å². The van der Waals surface area contributed by atoms with Crippen molar-refractivity contribution in [3.8, 4) is 57.0 Å². The summed E-state index contributed by atoms with van der Waals surface area (Å²) in [5, 5.41) is 0. The zero-order chi connectivity index (χ0) is 31.1. The second kappa shape index (κ2) is 14.2. The highest BCUT2D eigenvalue weighted by atomic mass is 16.5. The minimum absolute atomic E-state index is 0.547. The van der Waals surface area contributed by atoms with E-state index in [1.165, 1.54) is 0 Å².